The van der Waals surface area contributed by atoms with Crippen LogP contribution in [0.3, 0.4) is 0 Å². The van der Waals surface area contributed by atoms with Crippen LogP contribution >= 0.6 is 0 Å². The molecule has 0 spiro atoms. The molecule has 0 aliphatic carbocycles. The van der Waals surface area contributed by atoms with E-state index in [1.165, 1.54) is 36.7 Å². The maximum absolute atomic E-state index is 12.5. The number of amides is 1. The van der Waals surface area contributed by atoms with Gasteiger partial charge in [-0.05, 0) is 44.0 Å². The van der Waals surface area contributed by atoms with E-state index in [1.807, 2.05) is 36.4 Å². The van der Waals surface area contributed by atoms with Crippen LogP contribution in [-0.4, -0.2) is 98.1 Å². The molecule has 0 saturated carbocycles. The molecule has 0 unspecified atom stereocenters. The minimum Gasteiger partial charge on any atom is -0.387 e. The van der Waals surface area contributed by atoms with Crippen molar-refractivity contribution >= 4 is 28.8 Å². The zero-order valence-electron chi connectivity index (χ0n) is 25.5. The summed E-state index contributed by atoms with van der Waals surface area (Å²) in [7, 11) is 0. The number of nitrogens with one attached hydrogen (secondary N) is 3. The molecule has 45 heavy (non-hydrogen) atoms. The highest BCUT2D eigenvalue weighted by Crippen LogP contribution is 2.34. The van der Waals surface area contributed by atoms with Crippen LogP contribution in [0.1, 0.15) is 49.5 Å². The van der Waals surface area contributed by atoms with E-state index in [2.05, 4.69) is 50.1 Å². The number of aromatic nitrogens is 4. The highest BCUT2D eigenvalue weighted by Gasteiger charge is 2.47. The Balaban J connectivity index is 1.30. The van der Waals surface area contributed by atoms with Gasteiger partial charge in [0, 0.05) is 32.1 Å². The first-order chi connectivity index (χ1) is 22.0. The lowest BCUT2D eigenvalue weighted by Gasteiger charge is -2.26. The third-order valence-electron chi connectivity index (χ3n) is 8.58. The lowest BCUT2D eigenvalue weighted by Crippen LogP contribution is -2.42. The second-order valence-electron chi connectivity index (χ2n) is 11.6. The van der Waals surface area contributed by atoms with Gasteiger partial charge in [-0.2, -0.15) is 9.97 Å². The van der Waals surface area contributed by atoms with Gasteiger partial charge in [0.2, 0.25) is 5.95 Å². The minimum absolute atomic E-state index is 0.0444. The molecule has 238 valence electrons. The van der Waals surface area contributed by atoms with E-state index >= 15 is 0 Å². The van der Waals surface area contributed by atoms with Crippen molar-refractivity contribution in [2.75, 3.05) is 49.9 Å². The van der Waals surface area contributed by atoms with Gasteiger partial charge in [-0.1, -0.05) is 67.1 Å². The fourth-order valence-electron chi connectivity index (χ4n) is 6.19. The number of piperidine rings is 1. The monoisotopic (exact) mass is 614 g/mol. The van der Waals surface area contributed by atoms with E-state index in [9.17, 15) is 15.0 Å². The van der Waals surface area contributed by atoms with Gasteiger partial charge in [-0.3, -0.25) is 9.36 Å². The number of aliphatic hydroxyl groups excluding tert-OH is 2. The predicted octanol–water partition coefficient (Wildman–Crippen LogP) is 2.72. The van der Waals surface area contributed by atoms with E-state index in [4.69, 9.17) is 14.7 Å². The second-order valence-corrected chi connectivity index (χ2v) is 11.6. The van der Waals surface area contributed by atoms with Crippen molar-refractivity contribution in [3.8, 4) is 0 Å². The average Bonchev–Trinajstić information content (AvgIpc) is 3.63. The Morgan fingerprint density at radius 3 is 2.31 bits per heavy atom. The predicted molar refractivity (Wildman–Crippen MR) is 172 cm³/mol. The van der Waals surface area contributed by atoms with Gasteiger partial charge in [-0.25, -0.2) is 4.98 Å². The fraction of sp³-hybridized carbons (Fsp3) is 0.455. The molecule has 2 aliphatic heterocycles. The third kappa shape index (κ3) is 6.94. The zero-order valence-corrected chi connectivity index (χ0v) is 25.5. The minimum atomic E-state index is -1.40. The Hall–Kier alpha value is -4.10. The number of hydrogen-bond acceptors (Lipinski definition) is 10. The molecule has 0 bridgehead atoms. The van der Waals surface area contributed by atoms with Gasteiger partial charge in [0.25, 0.3) is 5.91 Å². The molecule has 12 heteroatoms. The molecule has 0 radical (unpaired) electrons. The van der Waals surface area contributed by atoms with Crippen LogP contribution < -0.4 is 16.0 Å². The fourth-order valence-corrected chi connectivity index (χ4v) is 6.19. The number of aliphatic hydroxyl groups is 2. The van der Waals surface area contributed by atoms with Crippen molar-refractivity contribution < 1.29 is 19.7 Å². The summed E-state index contributed by atoms with van der Waals surface area (Å²) in [5, 5.41) is 31.2. The Morgan fingerprint density at radius 1 is 0.956 bits per heavy atom. The summed E-state index contributed by atoms with van der Waals surface area (Å²) in [6.45, 7) is 6.42. The molecule has 4 aromatic rings. The number of benzene rings is 2. The quantitative estimate of drug-likeness (QED) is 0.161. The third-order valence-corrected chi connectivity index (χ3v) is 8.58. The van der Waals surface area contributed by atoms with Crippen molar-refractivity contribution in [3.05, 3.63) is 78.1 Å². The smallest absolute Gasteiger partial charge is 0.252 e. The number of ether oxygens (including phenoxy) is 1. The molecule has 4 atom stereocenters. The van der Waals surface area contributed by atoms with Crippen LogP contribution in [0.4, 0.5) is 11.8 Å². The van der Waals surface area contributed by atoms with Crippen LogP contribution in [0.25, 0.3) is 11.2 Å². The number of nitrogens with zero attached hydrogens (tertiary/aromatic N) is 5. The van der Waals surface area contributed by atoms with Crippen molar-refractivity contribution in [2.45, 2.75) is 56.6 Å². The normalized spacial score (nSPS) is 22.1. The second kappa shape index (κ2) is 14.3. The van der Waals surface area contributed by atoms with E-state index in [0.717, 1.165) is 19.6 Å². The molecule has 5 N–H and O–H groups in total. The number of hydrogen-bond donors (Lipinski definition) is 5. The SMILES string of the molecule is CCNC(=O)[C@@H]1O[C@H](n2cnc3c(NCC(c4ccccc4)c4ccccc4)nc(NCCN4CCCCC4)nc32)[C@@H](O)[C@H]1O. The lowest BCUT2D eigenvalue weighted by atomic mass is 9.91. The van der Waals surface area contributed by atoms with E-state index in [-0.39, 0.29) is 5.92 Å². The number of carbonyl (C=O) groups excluding carboxylic acids is 1. The molecule has 4 heterocycles. The first-order valence-corrected chi connectivity index (χ1v) is 15.9. The summed E-state index contributed by atoms with van der Waals surface area (Å²) in [6.07, 6.45) is 0.161. The number of likely N-dealkylation sites (N-methyl/N-ethyl adjacent to an activating group) is 1. The topological polar surface area (TPSA) is 150 Å². The molecule has 1 amide bonds. The number of carbonyl (C=O) groups is 1. The van der Waals surface area contributed by atoms with Crippen molar-refractivity contribution in [1.29, 1.82) is 0 Å². The zero-order chi connectivity index (χ0) is 31.2. The van der Waals surface area contributed by atoms with Gasteiger partial charge in [0.15, 0.2) is 29.3 Å². The van der Waals surface area contributed by atoms with Crippen LogP contribution in [0.15, 0.2) is 67.0 Å². The summed E-state index contributed by atoms with van der Waals surface area (Å²) in [4.78, 5) is 29.2. The van der Waals surface area contributed by atoms with Crippen LogP contribution in [0.5, 0.6) is 0 Å². The van der Waals surface area contributed by atoms with E-state index in [1.54, 1.807) is 11.5 Å². The summed E-state index contributed by atoms with van der Waals surface area (Å²) in [5.41, 5.74) is 3.24. The number of rotatable bonds is 12. The summed E-state index contributed by atoms with van der Waals surface area (Å²) >= 11 is 0. The molecule has 6 rings (SSSR count). The van der Waals surface area contributed by atoms with Gasteiger partial charge < -0.3 is 35.8 Å². The van der Waals surface area contributed by atoms with Gasteiger partial charge >= 0.3 is 0 Å². The van der Waals surface area contributed by atoms with Crippen LogP contribution in [0, 0.1) is 0 Å². The molecule has 2 aromatic carbocycles. The Labute approximate surface area is 262 Å². The first-order valence-electron chi connectivity index (χ1n) is 15.9. The Morgan fingerprint density at radius 2 is 1.64 bits per heavy atom. The molecular formula is C33H42N8O4. The average molecular weight is 615 g/mol. The van der Waals surface area contributed by atoms with Crippen molar-refractivity contribution in [2.24, 2.45) is 0 Å². The lowest BCUT2D eigenvalue weighted by molar-refractivity contribution is -0.137. The molecule has 12 nitrogen and oxygen atoms in total. The molecule has 2 aliphatic rings. The summed E-state index contributed by atoms with van der Waals surface area (Å²) in [6, 6.07) is 20.6. The van der Waals surface area contributed by atoms with E-state index < -0.39 is 30.4 Å². The van der Waals surface area contributed by atoms with Crippen molar-refractivity contribution in [1.82, 2.24) is 29.7 Å². The van der Waals surface area contributed by atoms with Gasteiger partial charge in [0.05, 0.1) is 6.33 Å². The first kappa shape index (κ1) is 30.9. The Bertz CT molecular complexity index is 1510. The van der Waals surface area contributed by atoms with Crippen LogP contribution in [-0.2, 0) is 9.53 Å². The summed E-state index contributed by atoms with van der Waals surface area (Å²) < 4.78 is 7.48. The highest BCUT2D eigenvalue weighted by molar-refractivity contribution is 5.85. The molecule has 2 aromatic heterocycles. The number of anilines is 2. The highest BCUT2D eigenvalue weighted by atomic mass is 16.6. The van der Waals surface area contributed by atoms with Gasteiger partial charge in [-0.15, -0.1) is 0 Å². The largest absolute Gasteiger partial charge is 0.387 e. The Kier molecular flexibility index (Phi) is 9.84. The molecule has 2 fully saturated rings. The molecular weight excluding hydrogens is 572 g/mol. The van der Waals surface area contributed by atoms with Crippen molar-refractivity contribution in [3.63, 3.8) is 0 Å². The molecule has 2 saturated heterocycles. The van der Waals surface area contributed by atoms with Gasteiger partial charge in [0.1, 0.15) is 12.2 Å². The van der Waals surface area contributed by atoms with Crippen LogP contribution in [0.2, 0.25) is 0 Å². The number of fused-ring (bicyclic) bond motifs is 1. The summed E-state index contributed by atoms with van der Waals surface area (Å²) in [5.74, 6) is 0.501. The maximum Gasteiger partial charge on any atom is 0.252 e. The number of likely N-dealkylation sites (tertiary alicyclic amines) is 1. The maximum atomic E-state index is 12.5. The number of imidazole rings is 1. The van der Waals surface area contributed by atoms with E-state index in [0.29, 0.717) is 42.6 Å². The standard InChI is InChI=1S/C33H42N8O4/c1-2-34-31(44)28-26(42)27(43)32(45-28)41-21-37-25-29(38-33(39-30(25)41)35-16-19-40-17-10-5-11-18-40)36-20-24(22-12-6-3-7-13-22)23-14-8-4-9-15-23/h3-4,6-9,12-15,21,24,26-28,32,42-43H,2,5,10-11,16-20H2,1H3,(H,34,44)(H2,35,36,38,39)/t26-,27+,28-,32+/m1/s1.